The van der Waals surface area contributed by atoms with Crippen molar-refractivity contribution in [1.82, 2.24) is 0 Å². The van der Waals surface area contributed by atoms with Crippen molar-refractivity contribution in [2.24, 2.45) is 0 Å². The van der Waals surface area contributed by atoms with Gasteiger partial charge in [0.15, 0.2) is 0 Å². The summed E-state index contributed by atoms with van der Waals surface area (Å²) >= 11 is -0.0138. The summed E-state index contributed by atoms with van der Waals surface area (Å²) in [5, 5.41) is 1.33. The van der Waals surface area contributed by atoms with Gasteiger partial charge in [0, 0.05) is 0 Å². The first-order chi connectivity index (χ1) is 38.3. The SMILES string of the molecule is CC(C)(C)c1ccc(N(c2ccc(C(C)(C)C)cc2)c2ccc3c(c2)N(c2ccc(C(C)(C)C)cc2)c2cccc4c2B3c2[se]c3cc(-c5ccc(C(C)(C)C)cc5-c5ccccc5)ccc3c2N4c2ccc(C(C)(C)C)cc2)cc1. The van der Waals surface area contributed by atoms with E-state index in [1.807, 2.05) is 0 Å². The average molecular weight is 1120 g/mol. The molecule has 0 aliphatic carbocycles. The van der Waals surface area contributed by atoms with Crippen LogP contribution in [0, 0.1) is 0 Å². The van der Waals surface area contributed by atoms with Crippen molar-refractivity contribution in [2.75, 3.05) is 14.7 Å². The first-order valence-electron chi connectivity index (χ1n) is 29.2. The van der Waals surface area contributed by atoms with Gasteiger partial charge >= 0.3 is 452 Å². The molecule has 0 radical (unpaired) electrons. The molecule has 0 unspecified atom stereocenters. The van der Waals surface area contributed by atoms with E-state index in [2.05, 4.69) is 319 Å². The molecule has 0 N–H and O–H groups in total. The molecule has 1 aromatic heterocycles. The van der Waals surface area contributed by atoms with Crippen molar-refractivity contribution in [3.63, 3.8) is 0 Å². The summed E-state index contributed by atoms with van der Waals surface area (Å²) in [6, 6.07) is 77.4. The fourth-order valence-corrected chi connectivity index (χ4v) is 15.1. The van der Waals surface area contributed by atoms with Crippen molar-refractivity contribution in [3.05, 3.63) is 228 Å². The normalized spacial score (nSPS) is 13.5. The molecule has 0 amide bonds. The fraction of sp³-hybridized carbons (Fsp3) is 0.263. The molecule has 10 aromatic rings. The molecule has 0 atom stereocenters. The van der Waals surface area contributed by atoms with Gasteiger partial charge in [0.1, 0.15) is 0 Å². The predicted molar refractivity (Wildman–Crippen MR) is 354 cm³/mol. The van der Waals surface area contributed by atoms with Gasteiger partial charge in [-0.1, -0.05) is 41.5 Å². The number of hydrogen-bond donors (Lipinski definition) is 0. The molecule has 9 aromatic carbocycles. The van der Waals surface area contributed by atoms with Crippen LogP contribution in [0.25, 0.3) is 31.9 Å². The average Bonchev–Trinajstić information content (AvgIpc) is 2.24. The zero-order valence-electron chi connectivity index (χ0n) is 50.4. The number of fused-ring (bicyclic) bond motifs is 6. The Morgan fingerprint density at radius 3 is 1.35 bits per heavy atom. The van der Waals surface area contributed by atoms with Crippen molar-refractivity contribution in [3.8, 4) is 22.3 Å². The second-order valence-electron chi connectivity index (χ2n) is 28.0. The Labute approximate surface area is 490 Å². The minimum absolute atomic E-state index is 0.0123. The maximum absolute atomic E-state index is 2.63. The Morgan fingerprint density at radius 1 is 0.358 bits per heavy atom. The molecule has 0 saturated carbocycles. The molecule has 2 aliphatic heterocycles. The van der Waals surface area contributed by atoms with Crippen molar-refractivity contribution < 1.29 is 0 Å². The summed E-state index contributed by atoms with van der Waals surface area (Å²) in [4.78, 5) is 7.67. The molecular weight excluding hydrogens is 1040 g/mol. The topological polar surface area (TPSA) is 9.72 Å². The summed E-state index contributed by atoms with van der Waals surface area (Å²) in [6.45, 7) is 34.6. The third kappa shape index (κ3) is 9.89. The number of nitrogens with zero attached hydrogens (tertiary/aromatic N) is 3. The molecular formula is C76H78BN3Se. The van der Waals surface area contributed by atoms with Crippen LogP contribution in [0.3, 0.4) is 0 Å². The standard InChI is InChI=1S/C76H78BN3Se/c1-72(2,3)51-25-34-56(35-26-51)78(57-36-27-52(28-37-57)73(4,5)6)60-42-45-64-67(48-60)79(58-38-29-53(30-39-58)74(7,8)9)65-22-19-23-66-69(65)77(64)71-70(80(66)59-40-31-54(32-41-59)75(10,11)12)62-43-24-50(46-68(62)81-71)61-44-33-55(76(13,14)15)47-63(61)49-20-17-16-18-21-49/h16-48H,1-15H3. The molecule has 0 spiro atoms. The van der Waals surface area contributed by atoms with E-state index >= 15 is 0 Å². The maximum atomic E-state index is 2.63. The zero-order chi connectivity index (χ0) is 57.1. The van der Waals surface area contributed by atoms with Crippen molar-refractivity contribution in [1.29, 1.82) is 0 Å². The van der Waals surface area contributed by atoms with Crippen LogP contribution in [0.2, 0.25) is 0 Å². The molecule has 2 aliphatic rings. The van der Waals surface area contributed by atoms with E-state index in [1.54, 1.807) is 0 Å². The van der Waals surface area contributed by atoms with E-state index in [0.29, 0.717) is 0 Å². The fourth-order valence-electron chi connectivity index (χ4n) is 12.3. The van der Waals surface area contributed by atoms with Crippen LogP contribution in [0.1, 0.15) is 132 Å². The third-order valence-electron chi connectivity index (χ3n) is 17.1. The number of rotatable bonds is 7. The number of anilines is 9. The second kappa shape index (κ2) is 19.7. The zero-order valence-corrected chi connectivity index (χ0v) is 52.1. The van der Waals surface area contributed by atoms with Gasteiger partial charge in [-0.25, -0.2) is 0 Å². The van der Waals surface area contributed by atoms with Gasteiger partial charge in [0.05, 0.1) is 0 Å². The number of hydrogen-bond acceptors (Lipinski definition) is 3. The molecule has 5 heteroatoms. The van der Waals surface area contributed by atoms with Crippen LogP contribution in [0.4, 0.5) is 51.2 Å². The van der Waals surface area contributed by atoms with Gasteiger partial charge in [0.2, 0.25) is 0 Å². The molecule has 12 rings (SSSR count). The van der Waals surface area contributed by atoms with E-state index < -0.39 is 0 Å². The first kappa shape index (κ1) is 54.3. The van der Waals surface area contributed by atoms with E-state index in [0.717, 1.165) is 22.7 Å². The summed E-state index contributed by atoms with van der Waals surface area (Å²) in [5.74, 6) is 0. The van der Waals surface area contributed by atoms with Gasteiger partial charge in [0.25, 0.3) is 0 Å². The Balaban J connectivity index is 1.11. The number of benzene rings is 9. The summed E-state index contributed by atoms with van der Waals surface area (Å²) in [7, 11) is 0. The molecule has 3 nitrogen and oxygen atoms in total. The summed E-state index contributed by atoms with van der Waals surface area (Å²) in [5.41, 5.74) is 25.2. The van der Waals surface area contributed by atoms with E-state index in [-0.39, 0.29) is 48.3 Å². The molecule has 406 valence electrons. The van der Waals surface area contributed by atoms with Gasteiger partial charge in [-0.05, 0) is 0 Å². The van der Waals surface area contributed by atoms with Crippen LogP contribution in [-0.2, 0) is 27.1 Å². The van der Waals surface area contributed by atoms with Gasteiger partial charge < -0.3 is 0 Å². The van der Waals surface area contributed by atoms with E-state index in [4.69, 9.17) is 0 Å². The van der Waals surface area contributed by atoms with Gasteiger partial charge in [-0.2, -0.15) is 0 Å². The summed E-state index contributed by atoms with van der Waals surface area (Å²) < 4.78 is 2.93. The molecule has 0 fully saturated rings. The minimum atomic E-state index is -0.0138. The Kier molecular flexibility index (Phi) is 13.2. The summed E-state index contributed by atoms with van der Waals surface area (Å²) in [6.07, 6.45) is 0. The second-order valence-corrected chi connectivity index (χ2v) is 30.3. The Bertz CT molecular complexity index is 3930. The molecule has 0 bridgehead atoms. The van der Waals surface area contributed by atoms with Crippen molar-refractivity contribution in [2.45, 2.75) is 131 Å². The first-order valence-corrected chi connectivity index (χ1v) is 30.9. The van der Waals surface area contributed by atoms with Crippen LogP contribution in [0.5, 0.6) is 0 Å². The van der Waals surface area contributed by atoms with E-state index in [9.17, 15) is 0 Å². The Morgan fingerprint density at radius 2 is 0.827 bits per heavy atom. The van der Waals surface area contributed by atoms with Crippen LogP contribution in [-0.4, -0.2) is 21.2 Å². The molecule has 81 heavy (non-hydrogen) atoms. The van der Waals surface area contributed by atoms with Crippen molar-refractivity contribution >= 4 is 97.3 Å². The Hall–Kier alpha value is -7.30. The quantitative estimate of drug-likeness (QED) is 0.147. The third-order valence-corrected chi connectivity index (χ3v) is 19.6. The van der Waals surface area contributed by atoms with Gasteiger partial charge in [-0.3, -0.25) is 0 Å². The molecule has 3 heterocycles. The van der Waals surface area contributed by atoms with Crippen LogP contribution < -0.4 is 30.0 Å². The van der Waals surface area contributed by atoms with E-state index in [1.165, 1.54) is 103 Å². The van der Waals surface area contributed by atoms with Gasteiger partial charge in [-0.15, -0.1) is 0 Å². The predicted octanol–water partition coefficient (Wildman–Crippen LogP) is 19.3. The molecule has 0 saturated heterocycles. The van der Waals surface area contributed by atoms with Crippen LogP contribution >= 0.6 is 0 Å². The van der Waals surface area contributed by atoms with Crippen LogP contribution in [0.15, 0.2) is 200 Å². The monoisotopic (exact) mass is 1120 g/mol.